The Kier molecular flexibility index (Phi) is 18.2. The molecular formula is C74H80F8N8O4S2. The lowest BCUT2D eigenvalue weighted by Gasteiger charge is -2.28. The van der Waals surface area contributed by atoms with Crippen molar-refractivity contribution in [2.24, 2.45) is 0 Å². The maximum atomic E-state index is 14.8. The van der Waals surface area contributed by atoms with Gasteiger partial charge in [-0.05, 0) is 183 Å². The second kappa shape index (κ2) is 32.9. The highest BCUT2D eigenvalue weighted by molar-refractivity contribution is 7.98. The fourth-order valence-electron chi connectivity index (χ4n) is 10.8. The van der Waals surface area contributed by atoms with Gasteiger partial charge in [-0.15, -0.1) is 0 Å². The summed E-state index contributed by atoms with van der Waals surface area (Å²) in [5, 5.41) is 0.255. The second-order valence-electron chi connectivity index (χ2n) is 22.4. The van der Waals surface area contributed by atoms with E-state index in [1.165, 1.54) is 111 Å². The van der Waals surface area contributed by atoms with Crippen molar-refractivity contribution in [2.45, 2.75) is 140 Å². The van der Waals surface area contributed by atoms with Crippen LogP contribution in [-0.2, 0) is 85.3 Å². The first-order chi connectivity index (χ1) is 52.1. The Labute approximate surface area is 586 Å². The minimum absolute atomic E-state index is 0.00822. The van der Waals surface area contributed by atoms with Crippen LogP contribution in [0.5, 0.6) is 0 Å². The van der Waals surface area contributed by atoms with Crippen LogP contribution in [0.3, 0.4) is 0 Å². The number of hydrogen-bond acceptors (Lipinski definition) is 10. The van der Waals surface area contributed by atoms with Crippen LogP contribution >= 0.6 is 23.5 Å². The first kappa shape index (κ1) is 53.2. The van der Waals surface area contributed by atoms with Crippen LogP contribution in [0.1, 0.15) is 129 Å². The van der Waals surface area contributed by atoms with Crippen LogP contribution in [0.4, 0.5) is 35.1 Å². The monoisotopic (exact) mass is 1380 g/mol. The summed E-state index contributed by atoms with van der Waals surface area (Å²) in [5.74, 6) is -2.34. The number of aromatic nitrogens is 4. The fraction of sp³-hybridized carbons (Fsp3) is 0.378. The van der Waals surface area contributed by atoms with E-state index in [2.05, 4.69) is 9.97 Å². The van der Waals surface area contributed by atoms with Gasteiger partial charge in [0.2, 0.25) is 11.8 Å². The molecule has 0 unspecified atom stereocenters. The summed E-state index contributed by atoms with van der Waals surface area (Å²) in [7, 11) is 0. The highest BCUT2D eigenvalue weighted by Gasteiger charge is 2.32. The molecule has 508 valence electrons. The topological polar surface area (TPSA) is 117 Å². The number of carbonyl (C=O) groups is 2. The highest BCUT2D eigenvalue weighted by atomic mass is 32.2. The van der Waals surface area contributed by atoms with Gasteiger partial charge in [-0.25, -0.2) is 8.78 Å². The van der Waals surface area contributed by atoms with Crippen LogP contribution < -0.4 is 11.1 Å². The Balaban J connectivity index is 0.000000257. The van der Waals surface area contributed by atoms with Crippen molar-refractivity contribution >= 4 is 35.3 Å². The SMILES string of the molecule is [2H]c1c([2H])c(-c2ccc(C(F)(F)F)cc2)c(C)c([2H])c1CN(CCN(C([2H])([2H])C)C([2H])([2H])C)C(=O)Cn1c(SCc2ccc(F)cc2)nc(=O)c2c1CCC2.[2H]c1c([2H])c(C([2H])([2H])N(C(=O)Cn2c(SCc3ccc(F)cc3)nc(=O)c3c2CCC3)C([2H])([2H])C([2H])([2H])N(CC)CC)c([2H])c(C)c1-c1ccc(C(F)(F)F)cc1. The molecular weight excluding hydrogens is 1280 g/mol. The van der Waals surface area contributed by atoms with Crippen molar-refractivity contribution in [3.8, 4) is 22.3 Å². The Hall–Kier alpha value is -7.92. The molecule has 2 heterocycles. The molecule has 2 aliphatic carbocycles. The van der Waals surface area contributed by atoms with Gasteiger partial charge in [0.15, 0.2) is 10.3 Å². The van der Waals surface area contributed by atoms with Gasteiger partial charge in [-0.3, -0.25) is 19.2 Å². The molecule has 0 atom stereocenters. The van der Waals surface area contributed by atoms with E-state index in [9.17, 15) is 59.8 Å². The predicted octanol–water partition coefficient (Wildman–Crippen LogP) is 15.1. The maximum Gasteiger partial charge on any atom is 0.416 e. The largest absolute Gasteiger partial charge is 0.416 e. The molecule has 2 amide bonds. The average Bonchev–Trinajstić information content (AvgIpc) is 1.26. The molecule has 22 heteroatoms. The number of thioether (sulfide) groups is 2. The second-order valence-corrected chi connectivity index (χ2v) is 24.2. The van der Waals surface area contributed by atoms with Crippen LogP contribution in [0.15, 0.2) is 153 Å². The zero-order chi connectivity index (χ0) is 83.0. The molecule has 0 spiro atoms. The molecule has 8 aromatic rings. The Morgan fingerprint density at radius 2 is 0.969 bits per heavy atom. The average molecular weight is 1380 g/mol. The Bertz CT molecular complexity index is 4880. The van der Waals surface area contributed by atoms with Gasteiger partial charge in [0.25, 0.3) is 11.1 Å². The predicted molar refractivity (Wildman–Crippen MR) is 363 cm³/mol. The van der Waals surface area contributed by atoms with E-state index >= 15 is 0 Å². The van der Waals surface area contributed by atoms with Crippen molar-refractivity contribution in [2.75, 3.05) is 52.2 Å². The summed E-state index contributed by atoms with van der Waals surface area (Å²) in [5.41, 5.74) is -0.435. The number of fused-ring (bicyclic) bond motifs is 2. The third-order valence-electron chi connectivity index (χ3n) is 16.0. The quantitative estimate of drug-likeness (QED) is 0.0295. The van der Waals surface area contributed by atoms with Gasteiger partial charge >= 0.3 is 12.4 Å². The minimum Gasteiger partial charge on any atom is -0.336 e. The lowest BCUT2D eigenvalue weighted by molar-refractivity contribution is -0.138. The van der Waals surface area contributed by atoms with Crippen LogP contribution in [0.25, 0.3) is 22.3 Å². The van der Waals surface area contributed by atoms with E-state index in [-0.39, 0.29) is 105 Å². The number of likely N-dealkylation sites (N-methyl/N-ethyl adjacent to an activating group) is 2. The van der Waals surface area contributed by atoms with Crippen molar-refractivity contribution in [1.29, 1.82) is 0 Å². The molecule has 0 aliphatic heterocycles. The smallest absolute Gasteiger partial charge is 0.336 e. The summed E-state index contributed by atoms with van der Waals surface area (Å²) in [4.78, 5) is 67.1. The normalized spacial score (nSPS) is 16.0. The number of hydrogen-bond donors (Lipinski definition) is 0. The van der Waals surface area contributed by atoms with Crippen LogP contribution in [-0.4, -0.2) is 103 Å². The molecule has 10 rings (SSSR count). The lowest BCUT2D eigenvalue weighted by atomic mass is 9.97. The van der Waals surface area contributed by atoms with E-state index in [1.807, 2.05) is 0 Å². The first-order valence-electron chi connectivity index (χ1n) is 38.8. The number of halogens is 8. The Morgan fingerprint density at radius 1 is 0.542 bits per heavy atom. The van der Waals surface area contributed by atoms with Gasteiger partial charge in [-0.2, -0.15) is 36.3 Å². The van der Waals surface area contributed by atoms with Crippen LogP contribution in [0, 0.1) is 25.5 Å². The van der Waals surface area contributed by atoms with Gasteiger partial charge in [0, 0.05) is 81.4 Å². The van der Waals surface area contributed by atoms with E-state index in [0.717, 1.165) is 63.5 Å². The third kappa shape index (κ3) is 18.8. The van der Waals surface area contributed by atoms with Crippen molar-refractivity contribution < 1.29 is 66.6 Å². The zero-order valence-corrected chi connectivity index (χ0v) is 55.0. The molecule has 2 aromatic heterocycles. The summed E-state index contributed by atoms with van der Waals surface area (Å²) < 4.78 is 252. The maximum absolute atomic E-state index is 14.8. The fourth-order valence-corrected chi connectivity index (χ4v) is 12.8. The first-order valence-corrected chi connectivity index (χ1v) is 32.7. The molecule has 96 heavy (non-hydrogen) atoms. The molecule has 12 nitrogen and oxygen atoms in total. The van der Waals surface area contributed by atoms with E-state index < -0.39 is 133 Å². The van der Waals surface area contributed by atoms with E-state index in [4.69, 9.17) is 16.4 Å². The van der Waals surface area contributed by atoms with Gasteiger partial charge in [0.05, 0.1) is 24.8 Å². The molecule has 0 bridgehead atoms. The van der Waals surface area contributed by atoms with Crippen molar-refractivity contribution in [3.63, 3.8) is 0 Å². The molecule has 0 N–H and O–H groups in total. The summed E-state index contributed by atoms with van der Waals surface area (Å²) >= 11 is 2.20. The minimum atomic E-state index is -4.67. The summed E-state index contributed by atoms with van der Waals surface area (Å²) in [6.07, 6.45) is -6.48. The van der Waals surface area contributed by atoms with Crippen molar-refractivity contribution in [1.82, 2.24) is 38.7 Å². The summed E-state index contributed by atoms with van der Waals surface area (Å²) in [6, 6.07) is 15.5. The van der Waals surface area contributed by atoms with E-state index in [1.54, 1.807) is 16.7 Å². The van der Waals surface area contributed by atoms with Gasteiger partial charge < -0.3 is 28.7 Å². The number of rotatable bonds is 26. The Morgan fingerprint density at radius 3 is 1.40 bits per heavy atom. The molecule has 0 saturated carbocycles. The number of amides is 2. The van der Waals surface area contributed by atoms with Gasteiger partial charge in [0.1, 0.15) is 24.7 Å². The number of carbonyl (C=O) groups excluding carboxylic acids is 2. The standard InChI is InChI=1S/2C37H40F4N4O2S/c2*1-4-43(5-2)19-20-44(22-27-11-18-31(25(3)21-27)28-12-14-29(15-13-28)37(39,40)41)34(46)23-45-33-8-6-7-32(33)35(47)42-36(45)48-24-26-9-16-30(38)17-10-26/h2*9-18,21H,4-8,19-20,22-24H2,1-3H3/i11D,18D,19D2,20D2,21D,22D2;4D2,5D2,11D,18D,21D. The number of nitrogens with zero attached hydrogens (tertiary/aromatic N) is 8. The summed E-state index contributed by atoms with van der Waals surface area (Å²) in [6.45, 7) is -8.55. The van der Waals surface area contributed by atoms with Crippen molar-refractivity contribution in [3.05, 3.63) is 233 Å². The lowest BCUT2D eigenvalue weighted by Crippen LogP contribution is -2.40. The third-order valence-corrected chi connectivity index (χ3v) is 18.1. The molecule has 0 saturated heterocycles. The van der Waals surface area contributed by atoms with Gasteiger partial charge in [-0.1, -0.05) is 136 Å². The molecule has 0 radical (unpaired) electrons. The molecule has 2 aliphatic rings. The van der Waals surface area contributed by atoms with E-state index in [0.29, 0.717) is 72.4 Å². The van der Waals surface area contributed by atoms with Crippen LogP contribution in [0.2, 0.25) is 0 Å². The zero-order valence-electron chi connectivity index (χ0n) is 69.4. The number of alkyl halides is 6. The molecule has 6 aromatic carbocycles. The molecule has 0 fully saturated rings. The number of benzene rings is 6. The highest BCUT2D eigenvalue weighted by Crippen LogP contribution is 2.35.